The van der Waals surface area contributed by atoms with Gasteiger partial charge in [0, 0.05) is 13.5 Å². The number of anilines is 1. The summed E-state index contributed by atoms with van der Waals surface area (Å²) >= 11 is 8.92. The molecule has 0 amide bonds. The lowest BCUT2D eigenvalue weighted by molar-refractivity contribution is 0.0703. The van der Waals surface area contributed by atoms with Crippen LogP contribution in [0, 0.1) is 10.5 Å². The summed E-state index contributed by atoms with van der Waals surface area (Å²) < 4.78 is 13.6. The first kappa shape index (κ1) is 27.7. The highest BCUT2D eigenvalue weighted by Gasteiger charge is 2.28. The van der Waals surface area contributed by atoms with Gasteiger partial charge in [-0.2, -0.15) is 0 Å². The molecule has 9 heteroatoms. The monoisotopic (exact) mass is 593 g/mol. The van der Waals surface area contributed by atoms with Crippen molar-refractivity contribution in [1.29, 1.82) is 0 Å². The van der Waals surface area contributed by atoms with Gasteiger partial charge in [0.2, 0.25) is 0 Å². The predicted molar refractivity (Wildman–Crippen MR) is 141 cm³/mol. The summed E-state index contributed by atoms with van der Waals surface area (Å²) in [6.07, 6.45) is 0. The Morgan fingerprint density at radius 2 is 1.65 bits per heavy atom. The number of nitrogens with one attached hydrogen (secondary N) is 1. The molecule has 1 aromatic heterocycles. The standard InChI is InChI=1S/C18H14ClINO4PS.2C2H6/c1-10-2-7-15(13(20)8-10)26(24,25)21-14-9-16(27-17(14)18(22)23)11-3-5-12(19)6-4-11;2*1-2/h2-9H,1H3,(H,22,23)(H2,21,24,25);2*1-2H3. The Morgan fingerprint density at radius 1 is 1.06 bits per heavy atom. The summed E-state index contributed by atoms with van der Waals surface area (Å²) in [5, 5.41) is 12.9. The van der Waals surface area contributed by atoms with Crippen molar-refractivity contribution in [1.82, 2.24) is 0 Å². The van der Waals surface area contributed by atoms with Crippen molar-refractivity contribution in [2.75, 3.05) is 5.09 Å². The van der Waals surface area contributed by atoms with Crippen LogP contribution in [0.3, 0.4) is 0 Å². The molecule has 2 aromatic carbocycles. The van der Waals surface area contributed by atoms with Gasteiger partial charge in [-0.1, -0.05) is 63.1 Å². The molecule has 0 spiro atoms. The van der Waals surface area contributed by atoms with Crippen LogP contribution in [0.1, 0.15) is 42.9 Å². The summed E-state index contributed by atoms with van der Waals surface area (Å²) in [6, 6.07) is 13.6. The van der Waals surface area contributed by atoms with Gasteiger partial charge in [0.25, 0.3) is 0 Å². The Balaban J connectivity index is 0.00000113. The van der Waals surface area contributed by atoms with Gasteiger partial charge in [-0.3, -0.25) is 4.57 Å². The molecule has 31 heavy (non-hydrogen) atoms. The highest BCUT2D eigenvalue weighted by molar-refractivity contribution is 14.1. The lowest BCUT2D eigenvalue weighted by Gasteiger charge is -2.16. The topological polar surface area (TPSA) is 86.6 Å². The molecule has 168 valence electrons. The van der Waals surface area contributed by atoms with Crippen molar-refractivity contribution in [2.45, 2.75) is 34.6 Å². The smallest absolute Gasteiger partial charge is 0.348 e. The van der Waals surface area contributed by atoms with E-state index in [1.54, 1.807) is 48.5 Å². The molecule has 1 unspecified atom stereocenters. The summed E-state index contributed by atoms with van der Waals surface area (Å²) in [5.74, 6) is -1.17. The molecule has 0 saturated carbocycles. The number of hydrogen-bond acceptors (Lipinski definition) is 3. The van der Waals surface area contributed by atoms with Crippen molar-refractivity contribution in [2.24, 2.45) is 0 Å². The van der Waals surface area contributed by atoms with Crippen LogP contribution in [0.15, 0.2) is 48.5 Å². The molecule has 3 aromatic rings. The second-order valence-corrected chi connectivity index (χ2v) is 10.3. The number of carboxylic acids is 1. The fraction of sp³-hybridized carbons (Fsp3) is 0.227. The van der Waals surface area contributed by atoms with E-state index in [0.717, 1.165) is 22.5 Å². The largest absolute Gasteiger partial charge is 0.477 e. The van der Waals surface area contributed by atoms with Gasteiger partial charge in [0.1, 0.15) is 4.88 Å². The van der Waals surface area contributed by atoms with E-state index in [4.69, 9.17) is 11.6 Å². The zero-order valence-corrected chi connectivity index (χ0v) is 22.6. The van der Waals surface area contributed by atoms with Gasteiger partial charge in [-0.05, 0) is 65.4 Å². The van der Waals surface area contributed by atoms with E-state index < -0.39 is 13.5 Å². The minimum absolute atomic E-state index is 0.0312. The van der Waals surface area contributed by atoms with Crippen molar-refractivity contribution in [3.63, 3.8) is 0 Å². The van der Waals surface area contributed by atoms with Gasteiger partial charge in [0.05, 0.1) is 11.0 Å². The van der Waals surface area contributed by atoms with Crippen LogP contribution in [-0.4, -0.2) is 16.0 Å². The van der Waals surface area contributed by atoms with Gasteiger partial charge >= 0.3 is 13.5 Å². The molecule has 3 rings (SSSR count). The quantitative estimate of drug-likeness (QED) is 0.209. The summed E-state index contributed by atoms with van der Waals surface area (Å²) in [7, 11) is -4.01. The first-order chi connectivity index (χ1) is 14.7. The molecule has 0 fully saturated rings. The van der Waals surface area contributed by atoms with Crippen LogP contribution in [0.4, 0.5) is 5.69 Å². The van der Waals surface area contributed by atoms with Crippen LogP contribution in [0.25, 0.3) is 10.4 Å². The lowest BCUT2D eigenvalue weighted by atomic mass is 10.2. The molecule has 1 atom stereocenters. The lowest BCUT2D eigenvalue weighted by Crippen LogP contribution is -2.15. The van der Waals surface area contributed by atoms with Gasteiger partial charge in [-0.25, -0.2) is 4.79 Å². The van der Waals surface area contributed by atoms with Gasteiger partial charge in [0.15, 0.2) is 0 Å². The molecule has 0 saturated heterocycles. The third-order valence-corrected chi connectivity index (χ3v) is 8.09. The van der Waals surface area contributed by atoms with Gasteiger partial charge in [-0.15, -0.1) is 11.3 Å². The molecule has 1 heterocycles. The maximum Gasteiger partial charge on any atom is 0.348 e. The first-order valence-corrected chi connectivity index (χ1v) is 13.6. The third kappa shape index (κ3) is 7.32. The number of hydrogen-bond donors (Lipinski definition) is 3. The zero-order chi connectivity index (χ0) is 23.8. The zero-order valence-electron chi connectivity index (χ0n) is 17.9. The number of carbonyl (C=O) groups is 1. The molecule has 5 nitrogen and oxygen atoms in total. The minimum Gasteiger partial charge on any atom is -0.477 e. The third-order valence-electron chi connectivity index (χ3n) is 3.76. The minimum atomic E-state index is -4.01. The second kappa shape index (κ2) is 12.6. The van der Waals surface area contributed by atoms with E-state index >= 15 is 0 Å². The summed E-state index contributed by atoms with van der Waals surface area (Å²) in [4.78, 5) is 22.8. The van der Waals surface area contributed by atoms with E-state index in [2.05, 4.69) is 5.09 Å². The Kier molecular flexibility index (Phi) is 11.2. The number of benzene rings is 2. The molecular formula is C22H26ClINO4PS. The summed E-state index contributed by atoms with van der Waals surface area (Å²) in [5.41, 5.74) is 1.85. The maximum atomic E-state index is 12.9. The molecule has 0 aliphatic carbocycles. The number of thiophene rings is 1. The number of aromatic carboxylic acids is 1. The van der Waals surface area contributed by atoms with Crippen LogP contribution < -0.4 is 10.4 Å². The molecule has 0 radical (unpaired) electrons. The Morgan fingerprint density at radius 3 is 2.16 bits per heavy atom. The van der Waals surface area contributed by atoms with Crippen molar-refractivity contribution in [3.05, 3.63) is 67.6 Å². The average Bonchev–Trinajstić information content (AvgIpc) is 3.14. The number of halogens is 2. The molecule has 0 bridgehead atoms. The Hall–Kier alpha value is -1.38. The normalized spacial score (nSPS) is 11.9. The van der Waals surface area contributed by atoms with E-state index in [1.165, 1.54) is 0 Å². The molecule has 0 aliphatic rings. The number of carboxylic acid groups (broad SMARTS) is 1. The fourth-order valence-corrected chi connectivity index (χ4v) is 6.54. The Labute approximate surface area is 206 Å². The molecule has 0 aliphatic heterocycles. The highest BCUT2D eigenvalue weighted by Crippen LogP contribution is 2.45. The second-order valence-electron chi connectivity index (χ2n) is 5.81. The van der Waals surface area contributed by atoms with E-state index in [1.807, 2.05) is 57.2 Å². The maximum absolute atomic E-state index is 12.9. The predicted octanol–water partition coefficient (Wildman–Crippen LogP) is 7.65. The average molecular weight is 594 g/mol. The molecule has 3 N–H and O–H groups in total. The van der Waals surface area contributed by atoms with Crippen LogP contribution in [-0.2, 0) is 4.57 Å². The SMILES string of the molecule is CC.CC.Cc1ccc(P(=O)(O)Nc2cc(-c3ccc(Cl)cc3)sc2C(=O)O)c(I)c1. The van der Waals surface area contributed by atoms with Crippen molar-refractivity contribution in [3.8, 4) is 10.4 Å². The van der Waals surface area contributed by atoms with Crippen LogP contribution in [0.2, 0.25) is 5.02 Å². The number of rotatable bonds is 5. The highest BCUT2D eigenvalue weighted by atomic mass is 127. The van der Waals surface area contributed by atoms with Crippen LogP contribution in [0.5, 0.6) is 0 Å². The summed E-state index contributed by atoms with van der Waals surface area (Å²) in [6.45, 7) is 9.89. The van der Waals surface area contributed by atoms with E-state index in [9.17, 15) is 19.4 Å². The van der Waals surface area contributed by atoms with Crippen molar-refractivity contribution >= 4 is 70.0 Å². The molecular weight excluding hydrogens is 568 g/mol. The van der Waals surface area contributed by atoms with E-state index in [-0.39, 0.29) is 15.9 Å². The van der Waals surface area contributed by atoms with Crippen molar-refractivity contribution < 1.29 is 19.4 Å². The number of aryl methyl sites for hydroxylation is 1. The van der Waals surface area contributed by atoms with E-state index in [0.29, 0.717) is 13.5 Å². The fourth-order valence-electron chi connectivity index (χ4n) is 2.47. The van der Waals surface area contributed by atoms with Gasteiger partial charge < -0.3 is 15.1 Å². The first-order valence-electron chi connectivity index (χ1n) is 9.68. The van der Waals surface area contributed by atoms with Crippen LogP contribution >= 0.6 is 53.0 Å². The Bertz CT molecular complexity index is 1070.